The zero-order valence-electron chi connectivity index (χ0n) is 12.8. The maximum absolute atomic E-state index is 11.6. The molecule has 0 aliphatic carbocycles. The van der Waals surface area contributed by atoms with Gasteiger partial charge in [-0.3, -0.25) is 14.6 Å². The summed E-state index contributed by atoms with van der Waals surface area (Å²) in [5, 5.41) is 6.30. The summed E-state index contributed by atoms with van der Waals surface area (Å²) < 4.78 is 0. The average molecular weight is 296 g/mol. The number of nitrogens with one attached hydrogen (secondary N) is 1. The molecule has 2 heterocycles. The third-order valence-corrected chi connectivity index (χ3v) is 4.70. The second-order valence-electron chi connectivity index (χ2n) is 5.80. The van der Waals surface area contributed by atoms with Crippen LogP contribution in [-0.4, -0.2) is 47.5 Å². The highest BCUT2D eigenvalue weighted by atomic mass is 32.1. The van der Waals surface area contributed by atoms with E-state index in [4.69, 9.17) is 0 Å². The highest BCUT2D eigenvalue weighted by Crippen LogP contribution is 2.24. The highest BCUT2D eigenvalue weighted by molar-refractivity contribution is 7.14. The van der Waals surface area contributed by atoms with E-state index in [2.05, 4.69) is 34.4 Å². The van der Waals surface area contributed by atoms with Crippen LogP contribution in [0.5, 0.6) is 0 Å². The summed E-state index contributed by atoms with van der Waals surface area (Å²) in [5.74, 6) is 0.0518. The van der Waals surface area contributed by atoms with Crippen LogP contribution in [0.25, 0.3) is 0 Å². The Hall–Kier alpha value is -0.980. The monoisotopic (exact) mass is 296 g/mol. The number of rotatable bonds is 4. The van der Waals surface area contributed by atoms with Gasteiger partial charge in [-0.25, -0.2) is 4.98 Å². The molecule has 0 unspecified atom stereocenters. The van der Waals surface area contributed by atoms with Gasteiger partial charge in [0, 0.05) is 50.6 Å². The van der Waals surface area contributed by atoms with Crippen molar-refractivity contribution in [1.82, 2.24) is 15.2 Å². The van der Waals surface area contributed by atoms with Crippen molar-refractivity contribution in [3.05, 3.63) is 11.1 Å². The Labute approximate surface area is 125 Å². The van der Waals surface area contributed by atoms with Crippen molar-refractivity contribution >= 4 is 22.4 Å². The molecule has 0 saturated carbocycles. The van der Waals surface area contributed by atoms with Gasteiger partial charge in [-0.2, -0.15) is 0 Å². The van der Waals surface area contributed by atoms with Gasteiger partial charge >= 0.3 is 0 Å². The van der Waals surface area contributed by atoms with E-state index in [0.717, 1.165) is 37.0 Å². The normalized spacial score (nSPS) is 19.0. The largest absolute Gasteiger partial charge is 0.314 e. The first-order valence-corrected chi connectivity index (χ1v) is 8.00. The van der Waals surface area contributed by atoms with E-state index in [-0.39, 0.29) is 11.4 Å². The van der Waals surface area contributed by atoms with Crippen molar-refractivity contribution in [2.75, 3.05) is 31.1 Å². The zero-order valence-corrected chi connectivity index (χ0v) is 13.6. The van der Waals surface area contributed by atoms with Gasteiger partial charge in [-0.15, -0.1) is 11.3 Å². The van der Waals surface area contributed by atoms with Crippen LogP contribution >= 0.6 is 11.3 Å². The van der Waals surface area contributed by atoms with E-state index in [1.54, 1.807) is 23.2 Å². The van der Waals surface area contributed by atoms with Crippen LogP contribution in [0.15, 0.2) is 5.38 Å². The number of hydrogen-bond acceptors (Lipinski definition) is 5. The molecule has 0 spiro atoms. The average Bonchev–Trinajstić information content (AvgIpc) is 2.81. The van der Waals surface area contributed by atoms with Gasteiger partial charge in [-0.1, -0.05) is 0 Å². The highest BCUT2D eigenvalue weighted by Gasteiger charge is 2.30. The summed E-state index contributed by atoms with van der Waals surface area (Å²) in [6, 6.07) is 0. The molecule has 1 aromatic rings. The fourth-order valence-electron chi connectivity index (χ4n) is 2.50. The molecule has 0 radical (unpaired) electrons. The standard InChI is InChI=1S/C14H24N4OS/c1-5-18(11(2)19)13-16-12(9-20-13)8-17-7-6-15-10-14(17,3)4/h9,15H,5-8,10H2,1-4H3. The molecular formula is C14H24N4OS. The van der Waals surface area contributed by atoms with E-state index in [1.807, 2.05) is 6.92 Å². The van der Waals surface area contributed by atoms with Gasteiger partial charge in [-0.05, 0) is 20.8 Å². The quantitative estimate of drug-likeness (QED) is 0.919. The zero-order chi connectivity index (χ0) is 14.8. The molecule has 1 aliphatic rings. The third-order valence-electron chi connectivity index (χ3n) is 3.79. The molecule has 1 N–H and O–H groups in total. The molecule has 6 heteroatoms. The van der Waals surface area contributed by atoms with E-state index >= 15 is 0 Å². The number of thiazole rings is 1. The lowest BCUT2D eigenvalue weighted by Gasteiger charge is -2.42. The number of nitrogens with zero attached hydrogens (tertiary/aromatic N) is 3. The Bertz CT molecular complexity index is 471. The number of anilines is 1. The van der Waals surface area contributed by atoms with Crippen molar-refractivity contribution < 1.29 is 4.79 Å². The lowest BCUT2D eigenvalue weighted by atomic mass is 10.00. The number of carbonyl (C=O) groups is 1. The molecule has 0 atom stereocenters. The lowest BCUT2D eigenvalue weighted by Crippen LogP contribution is -2.57. The Morgan fingerprint density at radius 1 is 1.60 bits per heavy atom. The Morgan fingerprint density at radius 3 is 2.95 bits per heavy atom. The van der Waals surface area contributed by atoms with Crippen LogP contribution in [0.2, 0.25) is 0 Å². The molecule has 5 nitrogen and oxygen atoms in total. The van der Waals surface area contributed by atoms with Crippen LogP contribution < -0.4 is 10.2 Å². The SMILES string of the molecule is CCN(C(C)=O)c1nc(CN2CCNCC2(C)C)cs1. The van der Waals surface area contributed by atoms with Gasteiger partial charge in [0.2, 0.25) is 5.91 Å². The summed E-state index contributed by atoms with van der Waals surface area (Å²) in [6.45, 7) is 12.6. The van der Waals surface area contributed by atoms with Crippen LogP contribution in [0.1, 0.15) is 33.4 Å². The van der Waals surface area contributed by atoms with Crippen LogP contribution in [0.4, 0.5) is 5.13 Å². The minimum Gasteiger partial charge on any atom is -0.314 e. The molecule has 20 heavy (non-hydrogen) atoms. The molecule has 1 fully saturated rings. The van der Waals surface area contributed by atoms with Crippen molar-refractivity contribution in [1.29, 1.82) is 0 Å². The van der Waals surface area contributed by atoms with Crippen molar-refractivity contribution in [2.45, 2.75) is 39.8 Å². The smallest absolute Gasteiger partial charge is 0.225 e. The molecular weight excluding hydrogens is 272 g/mol. The molecule has 1 aliphatic heterocycles. The third kappa shape index (κ3) is 3.37. The summed E-state index contributed by atoms with van der Waals surface area (Å²) in [6.07, 6.45) is 0. The summed E-state index contributed by atoms with van der Waals surface area (Å²) in [5.41, 5.74) is 1.20. The van der Waals surface area contributed by atoms with Gasteiger partial charge in [0.15, 0.2) is 5.13 Å². The predicted octanol–water partition coefficient (Wildman–Crippen LogP) is 1.70. The number of hydrogen-bond donors (Lipinski definition) is 1. The first kappa shape index (κ1) is 15.4. The van der Waals surface area contributed by atoms with Crippen LogP contribution in [0, 0.1) is 0 Å². The second kappa shape index (κ2) is 6.20. The van der Waals surface area contributed by atoms with Crippen LogP contribution in [0.3, 0.4) is 0 Å². The summed E-state index contributed by atoms with van der Waals surface area (Å²) in [4.78, 5) is 20.3. The maximum atomic E-state index is 11.6. The summed E-state index contributed by atoms with van der Waals surface area (Å²) >= 11 is 1.55. The minimum absolute atomic E-state index is 0.0518. The fourth-order valence-corrected chi connectivity index (χ4v) is 3.42. The van der Waals surface area contributed by atoms with E-state index < -0.39 is 0 Å². The second-order valence-corrected chi connectivity index (χ2v) is 6.63. The van der Waals surface area contributed by atoms with E-state index in [1.165, 1.54) is 0 Å². The predicted molar refractivity (Wildman–Crippen MR) is 83.2 cm³/mol. The van der Waals surface area contributed by atoms with Gasteiger partial charge in [0.1, 0.15) is 0 Å². The lowest BCUT2D eigenvalue weighted by molar-refractivity contribution is -0.116. The maximum Gasteiger partial charge on any atom is 0.225 e. The van der Waals surface area contributed by atoms with Gasteiger partial charge in [0.05, 0.1) is 5.69 Å². The molecule has 112 valence electrons. The van der Waals surface area contributed by atoms with Crippen molar-refractivity contribution in [2.24, 2.45) is 0 Å². The van der Waals surface area contributed by atoms with E-state index in [9.17, 15) is 4.79 Å². The topological polar surface area (TPSA) is 48.5 Å². The molecule has 1 saturated heterocycles. The number of aromatic nitrogens is 1. The Kier molecular flexibility index (Phi) is 4.78. The van der Waals surface area contributed by atoms with Gasteiger partial charge < -0.3 is 5.32 Å². The first-order chi connectivity index (χ1) is 9.44. The molecule has 1 amide bonds. The van der Waals surface area contributed by atoms with E-state index in [0.29, 0.717) is 6.54 Å². The number of piperazine rings is 1. The fraction of sp³-hybridized carbons (Fsp3) is 0.714. The number of carbonyl (C=O) groups excluding carboxylic acids is 1. The molecule has 0 bridgehead atoms. The number of amides is 1. The van der Waals surface area contributed by atoms with Crippen molar-refractivity contribution in [3.8, 4) is 0 Å². The Balaban J connectivity index is 2.07. The first-order valence-electron chi connectivity index (χ1n) is 7.12. The Morgan fingerprint density at radius 2 is 2.35 bits per heavy atom. The summed E-state index contributed by atoms with van der Waals surface area (Å²) in [7, 11) is 0. The minimum atomic E-state index is 0.0518. The van der Waals surface area contributed by atoms with Crippen LogP contribution in [-0.2, 0) is 11.3 Å². The molecule has 2 rings (SSSR count). The molecule has 1 aromatic heterocycles. The van der Waals surface area contributed by atoms with Crippen molar-refractivity contribution in [3.63, 3.8) is 0 Å². The van der Waals surface area contributed by atoms with Gasteiger partial charge in [0.25, 0.3) is 0 Å². The molecule has 0 aromatic carbocycles.